The van der Waals surface area contributed by atoms with E-state index in [2.05, 4.69) is 25.1 Å². The Morgan fingerprint density at radius 1 is 1.16 bits per heavy atom. The lowest BCUT2D eigenvalue weighted by atomic mass is 10.2. The zero-order chi connectivity index (χ0) is 21.8. The fourth-order valence-electron chi connectivity index (χ4n) is 3.47. The van der Waals surface area contributed by atoms with E-state index in [1.54, 1.807) is 17.0 Å². The quantitative estimate of drug-likeness (QED) is 0.513. The second kappa shape index (κ2) is 9.62. The van der Waals surface area contributed by atoms with Crippen LogP contribution in [0.25, 0.3) is 11.5 Å². The Bertz CT molecular complexity index is 1070. The van der Waals surface area contributed by atoms with Crippen LogP contribution in [0.3, 0.4) is 0 Å². The molecule has 1 saturated heterocycles. The van der Waals surface area contributed by atoms with Crippen molar-refractivity contribution in [2.24, 2.45) is 0 Å². The van der Waals surface area contributed by atoms with Gasteiger partial charge < -0.3 is 14.2 Å². The highest BCUT2D eigenvalue weighted by Gasteiger charge is 2.25. The lowest BCUT2D eigenvalue weighted by Crippen LogP contribution is -2.33. The number of carbonyl (C=O) groups is 1. The van der Waals surface area contributed by atoms with Crippen LogP contribution in [0.4, 0.5) is 5.95 Å². The number of amides is 1. The molecular weight excluding hydrogens is 439 g/mol. The number of halogens is 2. The number of benzene rings is 1. The van der Waals surface area contributed by atoms with Crippen LogP contribution in [0.2, 0.25) is 10.0 Å². The molecule has 3 heterocycles. The summed E-state index contributed by atoms with van der Waals surface area (Å²) in [6, 6.07) is 7.22. The molecule has 1 amide bonds. The van der Waals surface area contributed by atoms with E-state index in [-0.39, 0.29) is 23.2 Å². The van der Waals surface area contributed by atoms with Crippen LogP contribution in [0.15, 0.2) is 34.9 Å². The number of aromatic nitrogens is 4. The standard InChI is InChI=1S/C21H22Cl2N6O2/c1-2-9-29(13-17-26-27-19(31-17)14-7-3-4-8-15(14)22)20(30)18-16(23)12-24-21(25-18)28-10-5-6-11-28/h3-4,7-8,12H,2,5-6,9-11,13H2,1H3. The molecule has 8 nitrogen and oxygen atoms in total. The van der Waals surface area contributed by atoms with Gasteiger partial charge >= 0.3 is 0 Å². The van der Waals surface area contributed by atoms with Gasteiger partial charge in [0.2, 0.25) is 17.7 Å². The first-order chi connectivity index (χ1) is 15.1. The molecule has 0 saturated carbocycles. The van der Waals surface area contributed by atoms with Gasteiger partial charge in [-0.25, -0.2) is 9.97 Å². The molecule has 1 aliphatic rings. The second-order valence-corrected chi connectivity index (χ2v) is 8.08. The van der Waals surface area contributed by atoms with Crippen LogP contribution in [-0.4, -0.2) is 50.6 Å². The minimum atomic E-state index is -0.299. The van der Waals surface area contributed by atoms with Gasteiger partial charge in [0, 0.05) is 19.6 Å². The third-order valence-electron chi connectivity index (χ3n) is 5.00. The Balaban J connectivity index is 1.56. The summed E-state index contributed by atoms with van der Waals surface area (Å²) in [5.74, 6) is 0.843. The number of carbonyl (C=O) groups excluding carboxylic acids is 1. The summed E-state index contributed by atoms with van der Waals surface area (Å²) in [4.78, 5) is 25.7. The zero-order valence-corrected chi connectivity index (χ0v) is 18.6. The maximum Gasteiger partial charge on any atom is 0.274 e. The average Bonchev–Trinajstić information content (AvgIpc) is 3.46. The molecule has 4 rings (SSSR count). The molecule has 2 aromatic heterocycles. The Labute approximate surface area is 190 Å². The third kappa shape index (κ3) is 4.80. The van der Waals surface area contributed by atoms with E-state index in [9.17, 15) is 4.79 Å². The summed E-state index contributed by atoms with van der Waals surface area (Å²) in [7, 11) is 0. The van der Waals surface area contributed by atoms with Gasteiger partial charge in [-0.15, -0.1) is 10.2 Å². The van der Waals surface area contributed by atoms with Crippen molar-refractivity contribution in [2.45, 2.75) is 32.7 Å². The van der Waals surface area contributed by atoms with Crippen molar-refractivity contribution in [2.75, 3.05) is 24.5 Å². The van der Waals surface area contributed by atoms with E-state index < -0.39 is 0 Å². The van der Waals surface area contributed by atoms with E-state index in [1.807, 2.05) is 19.1 Å². The van der Waals surface area contributed by atoms with Gasteiger partial charge in [0.05, 0.1) is 28.4 Å². The van der Waals surface area contributed by atoms with Crippen LogP contribution in [0.1, 0.15) is 42.6 Å². The minimum absolute atomic E-state index is 0.142. The van der Waals surface area contributed by atoms with E-state index in [0.29, 0.717) is 34.9 Å². The molecule has 31 heavy (non-hydrogen) atoms. The lowest BCUT2D eigenvalue weighted by Gasteiger charge is -2.21. The van der Waals surface area contributed by atoms with E-state index >= 15 is 0 Å². The fraction of sp³-hybridized carbons (Fsp3) is 0.381. The first-order valence-corrected chi connectivity index (χ1v) is 11.0. The topological polar surface area (TPSA) is 88.2 Å². The number of hydrogen-bond acceptors (Lipinski definition) is 7. The summed E-state index contributed by atoms with van der Waals surface area (Å²) in [5.41, 5.74) is 0.822. The van der Waals surface area contributed by atoms with Crippen molar-refractivity contribution in [1.82, 2.24) is 25.1 Å². The van der Waals surface area contributed by atoms with Gasteiger partial charge in [0.25, 0.3) is 5.91 Å². The highest BCUT2D eigenvalue weighted by atomic mass is 35.5. The van der Waals surface area contributed by atoms with Gasteiger partial charge in [-0.3, -0.25) is 4.79 Å². The van der Waals surface area contributed by atoms with Crippen LogP contribution >= 0.6 is 23.2 Å². The van der Waals surface area contributed by atoms with Crippen LogP contribution in [-0.2, 0) is 6.54 Å². The SMILES string of the molecule is CCCN(Cc1nnc(-c2ccccc2Cl)o1)C(=O)c1nc(N2CCCC2)ncc1Cl. The Morgan fingerprint density at radius 2 is 1.94 bits per heavy atom. The van der Waals surface area contributed by atoms with E-state index in [4.69, 9.17) is 27.6 Å². The highest BCUT2D eigenvalue weighted by Crippen LogP contribution is 2.27. The Morgan fingerprint density at radius 3 is 2.68 bits per heavy atom. The maximum atomic E-state index is 13.3. The lowest BCUT2D eigenvalue weighted by molar-refractivity contribution is 0.0722. The van der Waals surface area contributed by atoms with Crippen molar-refractivity contribution >= 4 is 35.1 Å². The highest BCUT2D eigenvalue weighted by molar-refractivity contribution is 6.33. The predicted octanol–water partition coefficient (Wildman–Crippen LogP) is 4.49. The zero-order valence-electron chi connectivity index (χ0n) is 17.1. The van der Waals surface area contributed by atoms with Gasteiger partial charge in [-0.1, -0.05) is 42.3 Å². The summed E-state index contributed by atoms with van der Waals surface area (Å²) in [6.45, 7) is 4.37. The van der Waals surface area contributed by atoms with Gasteiger partial charge in [-0.2, -0.15) is 0 Å². The number of rotatable bonds is 7. The van der Waals surface area contributed by atoms with Crippen LogP contribution in [0.5, 0.6) is 0 Å². The molecule has 3 aromatic rings. The first kappa shape index (κ1) is 21.5. The Kier molecular flexibility index (Phi) is 6.67. The molecule has 1 aromatic carbocycles. The van der Waals surface area contributed by atoms with Crippen molar-refractivity contribution in [3.63, 3.8) is 0 Å². The molecule has 0 spiro atoms. The molecule has 0 atom stereocenters. The van der Waals surface area contributed by atoms with E-state index in [1.165, 1.54) is 6.20 Å². The van der Waals surface area contributed by atoms with Crippen LogP contribution in [0, 0.1) is 0 Å². The van der Waals surface area contributed by atoms with Crippen molar-refractivity contribution < 1.29 is 9.21 Å². The average molecular weight is 461 g/mol. The number of anilines is 1. The van der Waals surface area contributed by atoms with Crippen molar-refractivity contribution in [3.05, 3.63) is 52.1 Å². The van der Waals surface area contributed by atoms with E-state index in [0.717, 1.165) is 32.4 Å². The Hall–Kier alpha value is -2.71. The molecule has 0 aliphatic carbocycles. The molecule has 0 unspecified atom stereocenters. The monoisotopic (exact) mass is 460 g/mol. The number of nitrogens with zero attached hydrogens (tertiary/aromatic N) is 6. The fourth-order valence-corrected chi connectivity index (χ4v) is 3.86. The summed E-state index contributed by atoms with van der Waals surface area (Å²) in [6.07, 6.45) is 4.41. The largest absolute Gasteiger partial charge is 0.419 e. The summed E-state index contributed by atoms with van der Waals surface area (Å²) in [5, 5.41) is 8.90. The first-order valence-electron chi connectivity index (χ1n) is 10.2. The molecule has 10 heteroatoms. The van der Waals surface area contributed by atoms with Gasteiger partial charge in [0.1, 0.15) is 0 Å². The van der Waals surface area contributed by atoms with Crippen LogP contribution < -0.4 is 4.90 Å². The smallest absolute Gasteiger partial charge is 0.274 e. The minimum Gasteiger partial charge on any atom is -0.419 e. The summed E-state index contributed by atoms with van der Waals surface area (Å²) >= 11 is 12.5. The summed E-state index contributed by atoms with van der Waals surface area (Å²) < 4.78 is 5.77. The molecule has 0 radical (unpaired) electrons. The second-order valence-electron chi connectivity index (χ2n) is 7.27. The molecule has 0 N–H and O–H groups in total. The number of hydrogen-bond donors (Lipinski definition) is 0. The van der Waals surface area contributed by atoms with Gasteiger partial charge in [-0.05, 0) is 31.4 Å². The normalized spacial score (nSPS) is 13.6. The third-order valence-corrected chi connectivity index (χ3v) is 5.61. The molecule has 1 aliphatic heterocycles. The molecule has 0 bridgehead atoms. The molecule has 1 fully saturated rings. The predicted molar refractivity (Wildman–Crippen MR) is 118 cm³/mol. The molecular formula is C21H22Cl2N6O2. The molecule has 162 valence electrons. The van der Waals surface area contributed by atoms with Crippen molar-refractivity contribution in [3.8, 4) is 11.5 Å². The van der Waals surface area contributed by atoms with Gasteiger partial charge in [0.15, 0.2) is 5.69 Å². The van der Waals surface area contributed by atoms with Crippen molar-refractivity contribution in [1.29, 1.82) is 0 Å². The maximum absolute atomic E-state index is 13.3.